The number of likely N-dealkylation sites (tertiary alicyclic amines) is 1. The van der Waals surface area contributed by atoms with Crippen molar-refractivity contribution in [3.63, 3.8) is 0 Å². The van der Waals surface area contributed by atoms with E-state index in [0.29, 0.717) is 43.1 Å². The van der Waals surface area contributed by atoms with Gasteiger partial charge >= 0.3 is 6.09 Å². The van der Waals surface area contributed by atoms with Crippen molar-refractivity contribution in [2.75, 3.05) is 25.0 Å². The fourth-order valence-corrected chi connectivity index (χ4v) is 3.61. The Morgan fingerprint density at radius 2 is 2.04 bits per heavy atom. The smallest absolute Gasteiger partial charge is 0.409 e. The van der Waals surface area contributed by atoms with E-state index in [0.717, 1.165) is 0 Å². The van der Waals surface area contributed by atoms with Crippen molar-refractivity contribution in [1.29, 1.82) is 0 Å². The number of hydrogen-bond donors (Lipinski definition) is 2. The van der Waals surface area contributed by atoms with Crippen LogP contribution < -0.4 is 10.6 Å². The summed E-state index contributed by atoms with van der Waals surface area (Å²) >= 11 is 1.25. The van der Waals surface area contributed by atoms with Gasteiger partial charge in [0.15, 0.2) is 0 Å². The van der Waals surface area contributed by atoms with Crippen molar-refractivity contribution >= 4 is 34.9 Å². The molecule has 3 heterocycles. The molecule has 0 radical (unpaired) electrons. The largest absolute Gasteiger partial charge is 0.450 e. The van der Waals surface area contributed by atoms with Gasteiger partial charge in [0.2, 0.25) is 0 Å². The predicted molar refractivity (Wildman–Crippen MR) is 103 cm³/mol. The minimum absolute atomic E-state index is 0.0381. The van der Waals surface area contributed by atoms with Gasteiger partial charge in [0.1, 0.15) is 10.6 Å². The van der Waals surface area contributed by atoms with Gasteiger partial charge in [-0.3, -0.25) is 14.6 Å². The first-order valence-corrected chi connectivity index (χ1v) is 9.84. The van der Waals surface area contributed by atoms with Gasteiger partial charge in [-0.05, 0) is 31.2 Å². The van der Waals surface area contributed by atoms with Gasteiger partial charge in [-0.2, -0.15) is 0 Å². The molecular formula is C18H21N5O4S. The molecule has 0 saturated carbocycles. The fourth-order valence-electron chi connectivity index (χ4n) is 2.86. The molecule has 0 bridgehead atoms. The molecule has 9 nitrogen and oxygen atoms in total. The predicted octanol–water partition coefficient (Wildman–Crippen LogP) is 2.14. The monoisotopic (exact) mass is 403 g/mol. The van der Waals surface area contributed by atoms with Crippen LogP contribution >= 0.6 is 11.3 Å². The SMILES string of the molecule is CCOC(=O)N1CCC(NC(=O)c2sccc2NC(=O)c2cnccn2)CC1. The van der Waals surface area contributed by atoms with Crippen molar-refractivity contribution in [1.82, 2.24) is 20.2 Å². The molecular weight excluding hydrogens is 382 g/mol. The second kappa shape index (κ2) is 9.27. The average molecular weight is 403 g/mol. The highest BCUT2D eigenvalue weighted by Gasteiger charge is 2.26. The zero-order valence-corrected chi connectivity index (χ0v) is 16.2. The molecule has 28 heavy (non-hydrogen) atoms. The van der Waals surface area contributed by atoms with Crippen molar-refractivity contribution in [3.05, 3.63) is 40.6 Å². The number of ether oxygens (including phenoxy) is 1. The lowest BCUT2D eigenvalue weighted by molar-refractivity contribution is 0.0863. The lowest BCUT2D eigenvalue weighted by Gasteiger charge is -2.31. The summed E-state index contributed by atoms with van der Waals surface area (Å²) in [5.74, 6) is -0.678. The highest BCUT2D eigenvalue weighted by atomic mass is 32.1. The minimum Gasteiger partial charge on any atom is -0.450 e. The summed E-state index contributed by atoms with van der Waals surface area (Å²) in [7, 11) is 0. The standard InChI is InChI=1S/C18H21N5O4S/c1-2-27-18(26)23-8-3-12(4-9-23)21-17(25)15-13(5-10-28-15)22-16(24)14-11-19-6-7-20-14/h5-7,10-12H,2-4,8-9H2,1H3,(H,21,25)(H,22,24). The lowest BCUT2D eigenvalue weighted by Crippen LogP contribution is -2.46. The Morgan fingerprint density at radius 3 is 2.71 bits per heavy atom. The van der Waals surface area contributed by atoms with E-state index in [4.69, 9.17) is 4.74 Å². The number of hydrogen-bond acceptors (Lipinski definition) is 7. The number of piperidine rings is 1. The van der Waals surface area contributed by atoms with Crippen LogP contribution in [0.2, 0.25) is 0 Å². The highest BCUT2D eigenvalue weighted by Crippen LogP contribution is 2.23. The van der Waals surface area contributed by atoms with Crippen LogP contribution in [0.25, 0.3) is 0 Å². The Labute approximate surface area is 166 Å². The zero-order chi connectivity index (χ0) is 19.9. The third-order valence-corrected chi connectivity index (χ3v) is 5.18. The summed E-state index contributed by atoms with van der Waals surface area (Å²) in [6, 6.07) is 1.64. The number of thiophene rings is 1. The molecule has 3 amide bonds. The number of rotatable bonds is 5. The summed E-state index contributed by atoms with van der Waals surface area (Å²) < 4.78 is 5.00. The van der Waals surface area contributed by atoms with Crippen LogP contribution in [-0.2, 0) is 4.74 Å². The van der Waals surface area contributed by atoms with Crippen molar-refractivity contribution in [3.8, 4) is 0 Å². The summed E-state index contributed by atoms with van der Waals surface area (Å²) in [5.41, 5.74) is 0.605. The Balaban J connectivity index is 1.56. The number of carbonyl (C=O) groups excluding carboxylic acids is 3. The molecule has 0 aliphatic carbocycles. The zero-order valence-electron chi connectivity index (χ0n) is 15.4. The van der Waals surface area contributed by atoms with Crippen LogP contribution in [0, 0.1) is 0 Å². The number of nitrogens with one attached hydrogen (secondary N) is 2. The molecule has 1 saturated heterocycles. The van der Waals surface area contributed by atoms with Crippen LogP contribution in [0.15, 0.2) is 30.0 Å². The molecule has 0 spiro atoms. The van der Waals surface area contributed by atoms with Crippen LogP contribution in [0.5, 0.6) is 0 Å². The van der Waals surface area contributed by atoms with Gasteiger partial charge in [0.25, 0.3) is 11.8 Å². The van der Waals surface area contributed by atoms with E-state index in [1.54, 1.807) is 23.3 Å². The average Bonchev–Trinajstić information content (AvgIpc) is 3.17. The van der Waals surface area contributed by atoms with Gasteiger partial charge < -0.3 is 20.3 Å². The van der Waals surface area contributed by atoms with E-state index in [-0.39, 0.29) is 23.7 Å². The number of carbonyl (C=O) groups is 3. The lowest BCUT2D eigenvalue weighted by atomic mass is 10.1. The minimum atomic E-state index is -0.428. The molecule has 1 aliphatic heterocycles. The van der Waals surface area contributed by atoms with Crippen molar-refractivity contribution < 1.29 is 19.1 Å². The molecule has 0 atom stereocenters. The Bertz CT molecular complexity index is 834. The summed E-state index contributed by atoms with van der Waals surface area (Å²) in [6.45, 7) is 3.18. The molecule has 1 aliphatic rings. The van der Waals surface area contributed by atoms with Gasteiger partial charge in [-0.1, -0.05) is 0 Å². The van der Waals surface area contributed by atoms with Gasteiger partial charge in [0.05, 0.1) is 18.5 Å². The van der Waals surface area contributed by atoms with E-state index in [1.165, 1.54) is 29.9 Å². The number of aromatic nitrogens is 2. The van der Waals surface area contributed by atoms with E-state index in [2.05, 4.69) is 20.6 Å². The number of nitrogens with zero attached hydrogens (tertiary/aromatic N) is 3. The van der Waals surface area contributed by atoms with E-state index in [1.807, 2.05) is 0 Å². The number of anilines is 1. The first-order valence-electron chi connectivity index (χ1n) is 8.96. The second-order valence-electron chi connectivity index (χ2n) is 6.14. The molecule has 3 rings (SSSR count). The van der Waals surface area contributed by atoms with Gasteiger partial charge in [0, 0.05) is 31.5 Å². The van der Waals surface area contributed by atoms with Crippen molar-refractivity contribution in [2.24, 2.45) is 0 Å². The summed E-state index contributed by atoms with van der Waals surface area (Å²) in [5, 5.41) is 7.42. The van der Waals surface area contributed by atoms with E-state index in [9.17, 15) is 14.4 Å². The van der Waals surface area contributed by atoms with E-state index < -0.39 is 5.91 Å². The molecule has 0 aromatic carbocycles. The Kier molecular flexibility index (Phi) is 6.53. The van der Waals surface area contributed by atoms with Crippen LogP contribution in [-0.4, -0.2) is 58.5 Å². The molecule has 0 unspecified atom stereocenters. The Morgan fingerprint density at radius 1 is 1.25 bits per heavy atom. The molecule has 1 fully saturated rings. The quantitative estimate of drug-likeness (QED) is 0.791. The first kappa shape index (κ1) is 19.7. The maximum absolute atomic E-state index is 12.6. The van der Waals surface area contributed by atoms with Gasteiger partial charge in [-0.15, -0.1) is 11.3 Å². The summed E-state index contributed by atoms with van der Waals surface area (Å²) in [4.78, 5) is 46.5. The topological polar surface area (TPSA) is 114 Å². The van der Waals surface area contributed by atoms with Crippen LogP contribution in [0.4, 0.5) is 10.5 Å². The molecule has 2 N–H and O–H groups in total. The maximum Gasteiger partial charge on any atom is 0.409 e. The molecule has 2 aromatic heterocycles. The molecule has 148 valence electrons. The first-order chi connectivity index (χ1) is 13.6. The Hall–Kier alpha value is -3.01. The third kappa shape index (κ3) is 4.83. The highest BCUT2D eigenvalue weighted by molar-refractivity contribution is 7.12. The third-order valence-electron chi connectivity index (χ3n) is 4.27. The van der Waals surface area contributed by atoms with Crippen LogP contribution in [0.1, 0.15) is 39.9 Å². The van der Waals surface area contributed by atoms with Gasteiger partial charge in [-0.25, -0.2) is 9.78 Å². The maximum atomic E-state index is 12.6. The van der Waals surface area contributed by atoms with Crippen molar-refractivity contribution in [2.45, 2.75) is 25.8 Å². The second-order valence-corrected chi connectivity index (χ2v) is 7.06. The molecule has 10 heteroatoms. The van der Waals surface area contributed by atoms with E-state index >= 15 is 0 Å². The fraction of sp³-hybridized carbons (Fsp3) is 0.389. The summed E-state index contributed by atoms with van der Waals surface area (Å²) in [6.07, 6.45) is 5.25. The number of amides is 3. The van der Waals surface area contributed by atoms with Crippen LogP contribution in [0.3, 0.4) is 0 Å². The molecule has 2 aromatic rings. The normalized spacial score (nSPS) is 14.4.